The van der Waals surface area contributed by atoms with Gasteiger partial charge in [-0.2, -0.15) is 4.98 Å². The molecule has 1 aromatic rings. The molecule has 6 heteroatoms. The molecular formula is C15H26N4O2. The third-order valence-corrected chi connectivity index (χ3v) is 4.58. The van der Waals surface area contributed by atoms with Crippen LogP contribution in [0.25, 0.3) is 0 Å². The second-order valence-corrected chi connectivity index (χ2v) is 6.00. The summed E-state index contributed by atoms with van der Waals surface area (Å²) in [6.45, 7) is 6.33. The topological polar surface area (TPSA) is 63.4 Å². The molecule has 1 saturated heterocycles. The van der Waals surface area contributed by atoms with E-state index in [0.717, 1.165) is 57.0 Å². The third kappa shape index (κ3) is 3.74. The van der Waals surface area contributed by atoms with Crippen molar-refractivity contribution in [3.05, 3.63) is 5.89 Å². The van der Waals surface area contributed by atoms with Crippen molar-refractivity contribution in [2.24, 2.45) is 5.92 Å². The molecule has 3 rings (SSSR count). The quantitative estimate of drug-likeness (QED) is 0.860. The molecular weight excluding hydrogens is 268 g/mol. The number of nitrogens with one attached hydrogen (secondary N) is 1. The van der Waals surface area contributed by atoms with E-state index in [1.165, 1.54) is 25.7 Å². The number of aromatic nitrogens is 2. The van der Waals surface area contributed by atoms with Crippen molar-refractivity contribution < 1.29 is 9.26 Å². The Labute approximate surface area is 126 Å². The normalized spacial score (nSPS) is 21.9. The Bertz CT molecular complexity index is 425. The van der Waals surface area contributed by atoms with Crippen LogP contribution in [0, 0.1) is 5.92 Å². The lowest BCUT2D eigenvalue weighted by atomic mass is 9.95. The maximum absolute atomic E-state index is 5.47. The van der Waals surface area contributed by atoms with Crippen molar-refractivity contribution in [2.45, 2.75) is 45.1 Å². The van der Waals surface area contributed by atoms with E-state index in [0.29, 0.717) is 6.04 Å². The molecule has 2 aliphatic rings. The first-order chi connectivity index (χ1) is 10.4. The van der Waals surface area contributed by atoms with Crippen LogP contribution >= 0.6 is 0 Å². The first-order valence-electron chi connectivity index (χ1n) is 8.25. The first kappa shape index (κ1) is 14.8. The van der Waals surface area contributed by atoms with Gasteiger partial charge in [-0.3, -0.25) is 0 Å². The van der Waals surface area contributed by atoms with E-state index in [1.54, 1.807) is 0 Å². The lowest BCUT2D eigenvalue weighted by Crippen LogP contribution is -2.37. The van der Waals surface area contributed by atoms with E-state index in [1.807, 2.05) is 0 Å². The van der Waals surface area contributed by atoms with Crippen molar-refractivity contribution in [1.82, 2.24) is 15.5 Å². The molecule has 0 radical (unpaired) electrons. The van der Waals surface area contributed by atoms with Crippen LogP contribution in [0.3, 0.4) is 0 Å². The molecule has 2 fully saturated rings. The average Bonchev–Trinajstić information content (AvgIpc) is 3.19. The molecule has 1 aromatic heterocycles. The third-order valence-electron chi connectivity index (χ3n) is 4.58. The zero-order valence-electron chi connectivity index (χ0n) is 12.9. The Morgan fingerprint density at radius 2 is 2.05 bits per heavy atom. The summed E-state index contributed by atoms with van der Waals surface area (Å²) in [7, 11) is 0. The summed E-state index contributed by atoms with van der Waals surface area (Å²) in [5, 5.41) is 7.74. The maximum atomic E-state index is 5.47. The van der Waals surface area contributed by atoms with Crippen LogP contribution in [-0.2, 0) is 11.2 Å². The highest BCUT2D eigenvalue weighted by Crippen LogP contribution is 2.29. The number of nitrogens with zero attached hydrogens (tertiary/aromatic N) is 3. The van der Waals surface area contributed by atoms with Crippen LogP contribution in [0.4, 0.5) is 5.95 Å². The Hall–Kier alpha value is -1.14. The fourth-order valence-corrected chi connectivity index (χ4v) is 3.44. The predicted molar refractivity (Wildman–Crippen MR) is 80.5 cm³/mol. The minimum absolute atomic E-state index is 0.468. The Morgan fingerprint density at radius 3 is 2.76 bits per heavy atom. The van der Waals surface area contributed by atoms with Gasteiger partial charge < -0.3 is 19.5 Å². The van der Waals surface area contributed by atoms with Gasteiger partial charge in [-0.25, -0.2) is 0 Å². The van der Waals surface area contributed by atoms with Gasteiger partial charge in [0.2, 0.25) is 5.89 Å². The molecule has 0 aromatic carbocycles. The molecule has 1 saturated carbocycles. The average molecular weight is 294 g/mol. The molecule has 2 heterocycles. The fourth-order valence-electron chi connectivity index (χ4n) is 3.44. The van der Waals surface area contributed by atoms with Crippen molar-refractivity contribution in [3.63, 3.8) is 0 Å². The van der Waals surface area contributed by atoms with Crippen LogP contribution in [-0.4, -0.2) is 49.0 Å². The molecule has 1 N–H and O–H groups in total. The van der Waals surface area contributed by atoms with Crippen LogP contribution < -0.4 is 10.2 Å². The van der Waals surface area contributed by atoms with Gasteiger partial charge in [0, 0.05) is 25.6 Å². The van der Waals surface area contributed by atoms with E-state index >= 15 is 0 Å². The number of anilines is 1. The summed E-state index contributed by atoms with van der Waals surface area (Å²) >= 11 is 0. The Kier molecular flexibility index (Phi) is 5.08. The molecule has 1 unspecified atom stereocenters. The van der Waals surface area contributed by atoms with Crippen LogP contribution in [0.15, 0.2) is 4.52 Å². The van der Waals surface area contributed by atoms with E-state index < -0.39 is 0 Å². The number of hydrogen-bond acceptors (Lipinski definition) is 6. The summed E-state index contributed by atoms with van der Waals surface area (Å²) < 4.78 is 10.8. The molecule has 1 aliphatic heterocycles. The number of rotatable bonds is 6. The summed E-state index contributed by atoms with van der Waals surface area (Å²) in [6, 6.07) is 0.468. The van der Waals surface area contributed by atoms with Gasteiger partial charge in [0.25, 0.3) is 5.95 Å². The maximum Gasteiger partial charge on any atom is 0.266 e. The fraction of sp³-hybridized carbons (Fsp3) is 0.867. The monoisotopic (exact) mass is 294 g/mol. The van der Waals surface area contributed by atoms with E-state index in [2.05, 4.69) is 27.3 Å². The zero-order valence-corrected chi connectivity index (χ0v) is 12.9. The zero-order chi connectivity index (χ0) is 14.5. The standard InChI is InChI=1S/C15H26N4O2/c1-2-16-13(12-5-3-4-6-12)11-14-17-15(18-21-14)19-7-9-20-10-8-19/h12-13,16H,2-11H2,1H3. The van der Waals surface area contributed by atoms with Crippen molar-refractivity contribution in [2.75, 3.05) is 37.7 Å². The van der Waals surface area contributed by atoms with Gasteiger partial charge in [-0.15, -0.1) is 0 Å². The van der Waals surface area contributed by atoms with Gasteiger partial charge in [0.05, 0.1) is 13.2 Å². The molecule has 0 spiro atoms. The molecule has 21 heavy (non-hydrogen) atoms. The Morgan fingerprint density at radius 1 is 1.29 bits per heavy atom. The number of hydrogen-bond donors (Lipinski definition) is 1. The van der Waals surface area contributed by atoms with Crippen molar-refractivity contribution in [3.8, 4) is 0 Å². The van der Waals surface area contributed by atoms with Gasteiger partial charge >= 0.3 is 0 Å². The SMILES string of the molecule is CCNC(Cc1nc(N2CCOCC2)no1)C1CCCC1. The summed E-state index contributed by atoms with van der Waals surface area (Å²) in [6.07, 6.45) is 6.20. The van der Waals surface area contributed by atoms with Crippen molar-refractivity contribution >= 4 is 5.95 Å². The highest BCUT2D eigenvalue weighted by molar-refractivity contribution is 5.28. The predicted octanol–water partition coefficient (Wildman–Crippen LogP) is 1.62. The molecule has 6 nitrogen and oxygen atoms in total. The van der Waals surface area contributed by atoms with Crippen LogP contribution in [0.1, 0.15) is 38.5 Å². The minimum Gasteiger partial charge on any atom is -0.378 e. The second kappa shape index (κ2) is 7.22. The lowest BCUT2D eigenvalue weighted by Gasteiger charge is -2.24. The minimum atomic E-state index is 0.468. The number of morpholine rings is 1. The van der Waals surface area contributed by atoms with E-state index in [9.17, 15) is 0 Å². The van der Waals surface area contributed by atoms with Crippen LogP contribution in [0.2, 0.25) is 0 Å². The van der Waals surface area contributed by atoms with E-state index in [-0.39, 0.29) is 0 Å². The molecule has 0 amide bonds. The smallest absolute Gasteiger partial charge is 0.266 e. The van der Waals surface area contributed by atoms with E-state index in [4.69, 9.17) is 9.26 Å². The van der Waals surface area contributed by atoms with Crippen molar-refractivity contribution in [1.29, 1.82) is 0 Å². The molecule has 1 aliphatic carbocycles. The number of ether oxygens (including phenoxy) is 1. The van der Waals surface area contributed by atoms with Gasteiger partial charge in [0.1, 0.15) is 0 Å². The summed E-state index contributed by atoms with van der Waals surface area (Å²) in [4.78, 5) is 6.71. The highest BCUT2D eigenvalue weighted by Gasteiger charge is 2.27. The summed E-state index contributed by atoms with van der Waals surface area (Å²) in [5.41, 5.74) is 0. The largest absolute Gasteiger partial charge is 0.378 e. The summed E-state index contributed by atoms with van der Waals surface area (Å²) in [5.74, 6) is 2.23. The number of likely N-dealkylation sites (N-methyl/N-ethyl adjacent to an activating group) is 1. The molecule has 1 atom stereocenters. The van der Waals surface area contributed by atoms with Gasteiger partial charge in [-0.05, 0) is 30.5 Å². The molecule has 0 bridgehead atoms. The molecule has 118 valence electrons. The Balaban J connectivity index is 1.61. The van der Waals surface area contributed by atoms with Crippen LogP contribution in [0.5, 0.6) is 0 Å². The second-order valence-electron chi connectivity index (χ2n) is 6.00. The first-order valence-corrected chi connectivity index (χ1v) is 8.25. The van der Waals surface area contributed by atoms with Gasteiger partial charge in [-0.1, -0.05) is 19.8 Å². The highest BCUT2D eigenvalue weighted by atomic mass is 16.5. The lowest BCUT2D eigenvalue weighted by molar-refractivity contribution is 0.121. The van der Waals surface area contributed by atoms with Gasteiger partial charge in [0.15, 0.2) is 0 Å².